The summed E-state index contributed by atoms with van der Waals surface area (Å²) in [6.45, 7) is 3.94. The minimum atomic E-state index is 0.865. The standard InChI is InChI=1S/C16H17N5/c1-2-20-11-19-14-15(20)17-10-18-16(14)21-9-5-7-12-6-3-4-8-13(12)21/h3-4,6,8,10-11H,2,5,7,9H2,1H3. The molecule has 0 unspecified atom stereocenters. The molecule has 3 aromatic rings. The molecule has 0 bridgehead atoms. The predicted molar refractivity (Wildman–Crippen MR) is 82.8 cm³/mol. The second-order valence-electron chi connectivity index (χ2n) is 5.28. The Morgan fingerprint density at radius 3 is 2.95 bits per heavy atom. The smallest absolute Gasteiger partial charge is 0.165 e. The van der Waals surface area contributed by atoms with Crippen LogP contribution < -0.4 is 4.90 Å². The fourth-order valence-corrected chi connectivity index (χ4v) is 3.05. The highest BCUT2D eigenvalue weighted by molar-refractivity contribution is 5.86. The Morgan fingerprint density at radius 2 is 2.05 bits per heavy atom. The molecule has 0 saturated heterocycles. The molecule has 0 spiro atoms. The largest absolute Gasteiger partial charge is 0.324 e. The summed E-state index contributed by atoms with van der Waals surface area (Å²) in [6, 6.07) is 8.55. The summed E-state index contributed by atoms with van der Waals surface area (Å²) in [4.78, 5) is 15.7. The zero-order valence-electron chi connectivity index (χ0n) is 12.0. The lowest BCUT2D eigenvalue weighted by Gasteiger charge is -2.30. The van der Waals surface area contributed by atoms with E-state index in [-0.39, 0.29) is 0 Å². The number of aromatic nitrogens is 4. The summed E-state index contributed by atoms with van der Waals surface area (Å²) in [5, 5.41) is 0. The first-order chi connectivity index (χ1) is 10.4. The molecule has 106 valence electrons. The molecule has 3 heterocycles. The Morgan fingerprint density at radius 1 is 1.14 bits per heavy atom. The molecule has 0 fully saturated rings. The Kier molecular flexibility index (Phi) is 2.84. The molecule has 0 saturated carbocycles. The van der Waals surface area contributed by atoms with E-state index in [1.807, 2.05) is 6.33 Å². The summed E-state index contributed by atoms with van der Waals surface area (Å²) in [6.07, 6.45) is 5.75. The fraction of sp³-hybridized carbons (Fsp3) is 0.312. The van der Waals surface area contributed by atoms with Gasteiger partial charge in [-0.05, 0) is 31.4 Å². The van der Waals surface area contributed by atoms with Crippen LogP contribution in [0.15, 0.2) is 36.9 Å². The van der Waals surface area contributed by atoms with Crippen LogP contribution in [0.4, 0.5) is 11.5 Å². The molecule has 1 aliphatic rings. The van der Waals surface area contributed by atoms with Gasteiger partial charge in [0.1, 0.15) is 6.33 Å². The van der Waals surface area contributed by atoms with Crippen molar-refractivity contribution in [2.45, 2.75) is 26.3 Å². The number of benzene rings is 1. The van der Waals surface area contributed by atoms with Crippen LogP contribution in [0, 0.1) is 0 Å². The van der Waals surface area contributed by atoms with E-state index >= 15 is 0 Å². The fourth-order valence-electron chi connectivity index (χ4n) is 3.05. The first-order valence-corrected chi connectivity index (χ1v) is 7.39. The van der Waals surface area contributed by atoms with E-state index in [1.165, 1.54) is 11.3 Å². The van der Waals surface area contributed by atoms with Crippen molar-refractivity contribution >= 4 is 22.7 Å². The zero-order chi connectivity index (χ0) is 14.2. The molecule has 0 N–H and O–H groups in total. The highest BCUT2D eigenvalue weighted by atomic mass is 15.2. The van der Waals surface area contributed by atoms with Gasteiger partial charge in [-0.3, -0.25) is 0 Å². The van der Waals surface area contributed by atoms with Crippen molar-refractivity contribution in [2.75, 3.05) is 11.4 Å². The van der Waals surface area contributed by atoms with Crippen LogP contribution in [0.5, 0.6) is 0 Å². The number of anilines is 2. The van der Waals surface area contributed by atoms with Crippen LogP contribution in [0.25, 0.3) is 11.2 Å². The molecule has 0 amide bonds. The van der Waals surface area contributed by atoms with Gasteiger partial charge < -0.3 is 9.47 Å². The highest BCUT2D eigenvalue weighted by Crippen LogP contribution is 2.34. The summed E-state index contributed by atoms with van der Waals surface area (Å²) in [7, 11) is 0. The molecule has 5 heteroatoms. The lowest BCUT2D eigenvalue weighted by atomic mass is 10.0. The van der Waals surface area contributed by atoms with Crippen molar-refractivity contribution in [3.05, 3.63) is 42.5 Å². The van der Waals surface area contributed by atoms with E-state index in [1.54, 1.807) is 6.33 Å². The summed E-state index contributed by atoms with van der Waals surface area (Å²) in [5.41, 5.74) is 4.42. The van der Waals surface area contributed by atoms with Gasteiger partial charge in [0.25, 0.3) is 0 Å². The molecular formula is C16H17N5. The monoisotopic (exact) mass is 279 g/mol. The van der Waals surface area contributed by atoms with Crippen LogP contribution >= 0.6 is 0 Å². The molecule has 21 heavy (non-hydrogen) atoms. The maximum absolute atomic E-state index is 4.53. The maximum atomic E-state index is 4.53. The third-order valence-corrected chi connectivity index (χ3v) is 4.09. The van der Waals surface area contributed by atoms with Gasteiger partial charge in [-0.25, -0.2) is 15.0 Å². The van der Waals surface area contributed by atoms with E-state index in [9.17, 15) is 0 Å². The third kappa shape index (κ3) is 1.88. The first kappa shape index (κ1) is 12.3. The van der Waals surface area contributed by atoms with E-state index < -0.39 is 0 Å². The number of nitrogens with zero attached hydrogens (tertiary/aromatic N) is 5. The average molecular weight is 279 g/mol. The Labute approximate surface area is 123 Å². The number of aryl methyl sites for hydroxylation is 2. The maximum Gasteiger partial charge on any atom is 0.165 e. The first-order valence-electron chi connectivity index (χ1n) is 7.39. The SMILES string of the molecule is CCn1cnc2c(N3CCCc4ccccc43)ncnc21. The van der Waals surface area contributed by atoms with Crippen LogP contribution in [0.2, 0.25) is 0 Å². The van der Waals surface area contributed by atoms with Crippen molar-refractivity contribution in [3.8, 4) is 0 Å². The lowest BCUT2D eigenvalue weighted by Crippen LogP contribution is -2.25. The van der Waals surface area contributed by atoms with Gasteiger partial charge in [0.15, 0.2) is 17.0 Å². The second kappa shape index (κ2) is 4.84. The van der Waals surface area contributed by atoms with Crippen molar-refractivity contribution in [2.24, 2.45) is 0 Å². The van der Waals surface area contributed by atoms with E-state index in [2.05, 4.69) is 55.6 Å². The topological polar surface area (TPSA) is 46.8 Å². The number of imidazole rings is 1. The van der Waals surface area contributed by atoms with E-state index in [0.717, 1.165) is 42.9 Å². The number of rotatable bonds is 2. The summed E-state index contributed by atoms with van der Waals surface area (Å²) in [5.74, 6) is 0.916. The number of hydrogen-bond acceptors (Lipinski definition) is 4. The molecule has 4 rings (SSSR count). The minimum Gasteiger partial charge on any atom is -0.324 e. The minimum absolute atomic E-state index is 0.865. The number of fused-ring (bicyclic) bond motifs is 2. The van der Waals surface area contributed by atoms with E-state index in [4.69, 9.17) is 0 Å². The molecule has 0 radical (unpaired) electrons. The molecule has 1 aromatic carbocycles. The highest BCUT2D eigenvalue weighted by Gasteiger charge is 2.22. The molecular weight excluding hydrogens is 262 g/mol. The van der Waals surface area contributed by atoms with Crippen molar-refractivity contribution in [1.82, 2.24) is 19.5 Å². The number of para-hydroxylation sites is 1. The van der Waals surface area contributed by atoms with Gasteiger partial charge in [-0.1, -0.05) is 18.2 Å². The molecule has 2 aromatic heterocycles. The van der Waals surface area contributed by atoms with Crippen LogP contribution in [0.3, 0.4) is 0 Å². The summed E-state index contributed by atoms with van der Waals surface area (Å²) < 4.78 is 2.05. The Hall–Kier alpha value is -2.43. The van der Waals surface area contributed by atoms with Crippen molar-refractivity contribution in [1.29, 1.82) is 0 Å². The van der Waals surface area contributed by atoms with Gasteiger partial charge in [-0.2, -0.15) is 0 Å². The zero-order valence-corrected chi connectivity index (χ0v) is 12.0. The quantitative estimate of drug-likeness (QED) is 0.723. The normalized spacial score (nSPS) is 14.4. The van der Waals surface area contributed by atoms with E-state index in [0.29, 0.717) is 0 Å². The summed E-state index contributed by atoms with van der Waals surface area (Å²) >= 11 is 0. The van der Waals surface area contributed by atoms with Crippen LogP contribution in [0.1, 0.15) is 18.9 Å². The van der Waals surface area contributed by atoms with Crippen molar-refractivity contribution < 1.29 is 0 Å². The molecule has 0 atom stereocenters. The second-order valence-corrected chi connectivity index (χ2v) is 5.28. The van der Waals surface area contributed by atoms with Crippen LogP contribution in [-0.4, -0.2) is 26.1 Å². The lowest BCUT2D eigenvalue weighted by molar-refractivity contribution is 0.759. The molecule has 0 aliphatic carbocycles. The van der Waals surface area contributed by atoms with Crippen LogP contribution in [-0.2, 0) is 13.0 Å². The van der Waals surface area contributed by atoms with Gasteiger partial charge in [0, 0.05) is 18.8 Å². The van der Waals surface area contributed by atoms with Gasteiger partial charge >= 0.3 is 0 Å². The molecule has 5 nitrogen and oxygen atoms in total. The Bertz CT molecular complexity index is 792. The predicted octanol–water partition coefficient (Wildman–Crippen LogP) is 2.93. The van der Waals surface area contributed by atoms with Gasteiger partial charge in [0.2, 0.25) is 0 Å². The number of hydrogen-bond donors (Lipinski definition) is 0. The molecule has 1 aliphatic heterocycles. The van der Waals surface area contributed by atoms with Gasteiger partial charge in [0.05, 0.1) is 6.33 Å². The average Bonchev–Trinajstić information content (AvgIpc) is 2.97. The third-order valence-electron chi connectivity index (χ3n) is 4.09. The Balaban J connectivity index is 1.90. The van der Waals surface area contributed by atoms with Crippen molar-refractivity contribution in [3.63, 3.8) is 0 Å². The van der Waals surface area contributed by atoms with Gasteiger partial charge in [-0.15, -0.1) is 0 Å².